The number of anilines is 1. The maximum Gasteiger partial charge on any atom is 0.263 e. The van der Waals surface area contributed by atoms with Gasteiger partial charge in [-0.1, -0.05) is 23.7 Å². The Balaban J connectivity index is 2.03. The van der Waals surface area contributed by atoms with Crippen molar-refractivity contribution >= 4 is 23.2 Å². The maximum atomic E-state index is 12.1. The summed E-state index contributed by atoms with van der Waals surface area (Å²) >= 11 is 5.81. The molecule has 0 saturated carbocycles. The van der Waals surface area contributed by atoms with Gasteiger partial charge in [-0.15, -0.1) is 0 Å². The van der Waals surface area contributed by atoms with Crippen molar-refractivity contribution in [2.24, 2.45) is 0 Å². The molecule has 0 atom stereocenters. The van der Waals surface area contributed by atoms with Gasteiger partial charge in [0.05, 0.1) is 0 Å². The lowest BCUT2D eigenvalue weighted by Gasteiger charge is -2.15. The van der Waals surface area contributed by atoms with Crippen LogP contribution >= 0.6 is 11.6 Å². The molecule has 122 valence electrons. The number of hydrogen-bond donors (Lipinski definition) is 2. The van der Waals surface area contributed by atoms with Gasteiger partial charge in [0.15, 0.2) is 0 Å². The van der Waals surface area contributed by atoms with Gasteiger partial charge >= 0.3 is 0 Å². The van der Waals surface area contributed by atoms with Crippen LogP contribution in [0.5, 0.6) is 5.75 Å². The number of nitriles is 1. The summed E-state index contributed by atoms with van der Waals surface area (Å²) in [7, 11) is 1.72. The third-order valence-corrected chi connectivity index (χ3v) is 3.56. The van der Waals surface area contributed by atoms with E-state index in [-0.39, 0.29) is 11.3 Å². The lowest BCUT2D eigenvalue weighted by Crippen LogP contribution is -2.25. The van der Waals surface area contributed by atoms with Gasteiger partial charge in [0, 0.05) is 30.5 Å². The first-order valence-electron chi connectivity index (χ1n) is 7.16. The fourth-order valence-electron chi connectivity index (χ4n) is 1.97. The molecule has 0 aliphatic carbocycles. The first kappa shape index (κ1) is 17.4. The molecule has 0 aliphatic rings. The van der Waals surface area contributed by atoms with Crippen LogP contribution in [-0.4, -0.2) is 18.1 Å². The molecule has 2 N–H and O–H groups in total. The van der Waals surface area contributed by atoms with Crippen LogP contribution in [0, 0.1) is 11.3 Å². The molecule has 0 saturated heterocycles. The van der Waals surface area contributed by atoms with Crippen LogP contribution in [0.15, 0.2) is 60.3 Å². The average Bonchev–Trinajstić information content (AvgIpc) is 2.59. The molecule has 2 rings (SSSR count). The zero-order valence-electron chi connectivity index (χ0n) is 13.0. The monoisotopic (exact) mass is 341 g/mol. The van der Waals surface area contributed by atoms with Crippen molar-refractivity contribution in [3.63, 3.8) is 0 Å². The summed E-state index contributed by atoms with van der Waals surface area (Å²) in [6.07, 6.45) is 1.45. The number of phenolic OH excluding ortho intramolecular Hbond substituents is 1. The van der Waals surface area contributed by atoms with Crippen molar-refractivity contribution in [1.29, 1.82) is 5.26 Å². The Morgan fingerprint density at radius 3 is 2.46 bits per heavy atom. The van der Waals surface area contributed by atoms with Crippen LogP contribution < -0.4 is 10.2 Å². The fraction of sp³-hybridized carbons (Fsp3) is 0.111. The zero-order chi connectivity index (χ0) is 17.5. The van der Waals surface area contributed by atoms with Crippen LogP contribution in [0.1, 0.15) is 5.56 Å². The van der Waals surface area contributed by atoms with Crippen LogP contribution in [0.3, 0.4) is 0 Å². The van der Waals surface area contributed by atoms with E-state index in [1.54, 1.807) is 48.3 Å². The first-order chi connectivity index (χ1) is 11.5. The molecular weight excluding hydrogens is 326 g/mol. The summed E-state index contributed by atoms with van der Waals surface area (Å²) in [4.78, 5) is 13.8. The maximum absolute atomic E-state index is 12.1. The van der Waals surface area contributed by atoms with Gasteiger partial charge in [0.25, 0.3) is 5.91 Å². The van der Waals surface area contributed by atoms with Crippen LogP contribution in [-0.2, 0) is 11.3 Å². The highest BCUT2D eigenvalue weighted by Gasteiger charge is 2.10. The van der Waals surface area contributed by atoms with Crippen molar-refractivity contribution in [3.05, 3.63) is 70.9 Å². The zero-order valence-corrected chi connectivity index (χ0v) is 13.8. The molecule has 0 bridgehead atoms. The molecular formula is C18H16ClN3O2. The molecule has 2 aromatic carbocycles. The summed E-state index contributed by atoms with van der Waals surface area (Å²) < 4.78 is 0. The van der Waals surface area contributed by atoms with E-state index in [4.69, 9.17) is 11.6 Å². The Morgan fingerprint density at radius 1 is 1.25 bits per heavy atom. The van der Waals surface area contributed by atoms with Gasteiger partial charge in [-0.05, 0) is 42.0 Å². The highest BCUT2D eigenvalue weighted by Crippen LogP contribution is 2.18. The number of amides is 1. The smallest absolute Gasteiger partial charge is 0.263 e. The minimum atomic E-state index is -0.460. The molecule has 0 heterocycles. The fourth-order valence-corrected chi connectivity index (χ4v) is 2.10. The van der Waals surface area contributed by atoms with Gasteiger partial charge in [-0.2, -0.15) is 5.26 Å². The van der Waals surface area contributed by atoms with E-state index < -0.39 is 5.91 Å². The summed E-state index contributed by atoms with van der Waals surface area (Å²) in [5.74, 6) is -0.310. The number of nitrogens with one attached hydrogen (secondary N) is 1. The van der Waals surface area contributed by atoms with Crippen molar-refractivity contribution in [3.8, 4) is 11.8 Å². The number of halogens is 1. The highest BCUT2D eigenvalue weighted by molar-refractivity contribution is 6.30. The minimum Gasteiger partial charge on any atom is -0.508 e. The number of phenols is 1. The molecule has 0 aliphatic heterocycles. The Hall–Kier alpha value is -2.97. The van der Waals surface area contributed by atoms with Crippen LogP contribution in [0.4, 0.5) is 5.69 Å². The van der Waals surface area contributed by atoms with Gasteiger partial charge < -0.3 is 15.3 Å². The minimum absolute atomic E-state index is 0.0143. The number of rotatable bonds is 5. The van der Waals surface area contributed by atoms with Gasteiger partial charge in [0.1, 0.15) is 17.4 Å². The molecule has 0 unspecified atom stereocenters. The largest absolute Gasteiger partial charge is 0.508 e. The molecule has 24 heavy (non-hydrogen) atoms. The van der Waals surface area contributed by atoms with E-state index in [0.717, 1.165) is 11.3 Å². The van der Waals surface area contributed by atoms with E-state index >= 15 is 0 Å². The van der Waals surface area contributed by atoms with E-state index in [9.17, 15) is 15.2 Å². The van der Waals surface area contributed by atoms with E-state index in [2.05, 4.69) is 5.32 Å². The highest BCUT2D eigenvalue weighted by atomic mass is 35.5. The van der Waals surface area contributed by atoms with Crippen molar-refractivity contribution in [2.75, 3.05) is 11.9 Å². The first-order valence-corrected chi connectivity index (χ1v) is 7.54. The second kappa shape index (κ2) is 8.04. The molecule has 1 amide bonds. The quantitative estimate of drug-likeness (QED) is 0.646. The van der Waals surface area contributed by atoms with E-state index in [0.29, 0.717) is 11.6 Å². The lowest BCUT2D eigenvalue weighted by molar-refractivity contribution is -0.117. The summed E-state index contributed by atoms with van der Waals surface area (Å²) in [5, 5.41) is 21.8. The third kappa shape index (κ3) is 4.77. The lowest BCUT2D eigenvalue weighted by atomic mass is 10.2. The summed E-state index contributed by atoms with van der Waals surface area (Å²) in [6.45, 7) is 0.304. The predicted octanol–water partition coefficient (Wildman–Crippen LogP) is 3.21. The number of benzene rings is 2. The molecule has 0 spiro atoms. The molecule has 0 fully saturated rings. The third-order valence-electron chi connectivity index (χ3n) is 3.31. The van der Waals surface area contributed by atoms with Crippen molar-refractivity contribution in [2.45, 2.75) is 6.54 Å². The molecule has 2 aromatic rings. The number of carbonyl (C=O) groups is 1. The van der Waals surface area contributed by atoms with Gasteiger partial charge in [0.2, 0.25) is 0 Å². The molecule has 0 aromatic heterocycles. The Labute approximate surface area is 145 Å². The van der Waals surface area contributed by atoms with Crippen LogP contribution in [0.2, 0.25) is 5.02 Å². The summed E-state index contributed by atoms with van der Waals surface area (Å²) in [6, 6.07) is 15.4. The standard InChI is InChI=1S/C18H16ClN3O2/c1-22(16-6-8-17(23)9-7-16)12-14(10-20)18(24)21-11-13-2-4-15(19)5-3-13/h2-9,12,23H,11H2,1H3,(H,21,24)/b14-12-. The van der Waals surface area contributed by atoms with Crippen molar-refractivity contribution < 1.29 is 9.90 Å². The van der Waals surface area contributed by atoms with E-state index in [1.165, 1.54) is 18.3 Å². The predicted molar refractivity (Wildman–Crippen MR) is 93.5 cm³/mol. The molecule has 0 radical (unpaired) electrons. The second-order valence-electron chi connectivity index (χ2n) is 5.09. The van der Waals surface area contributed by atoms with Crippen molar-refractivity contribution in [1.82, 2.24) is 5.32 Å². The summed E-state index contributed by atoms with van der Waals surface area (Å²) in [5.41, 5.74) is 1.61. The molecule has 6 heteroatoms. The number of hydrogen-bond acceptors (Lipinski definition) is 4. The average molecular weight is 342 g/mol. The van der Waals surface area contributed by atoms with E-state index in [1.807, 2.05) is 6.07 Å². The Morgan fingerprint density at radius 2 is 1.88 bits per heavy atom. The van der Waals surface area contributed by atoms with Gasteiger partial charge in [-0.25, -0.2) is 0 Å². The topological polar surface area (TPSA) is 76.4 Å². The SMILES string of the molecule is CN(/C=C(/C#N)C(=O)NCc1ccc(Cl)cc1)c1ccc(O)cc1. The Kier molecular flexibility index (Phi) is 5.83. The Bertz CT molecular complexity index is 777. The van der Waals surface area contributed by atoms with Gasteiger partial charge in [-0.3, -0.25) is 4.79 Å². The number of nitrogens with zero attached hydrogens (tertiary/aromatic N) is 2. The second-order valence-corrected chi connectivity index (χ2v) is 5.53. The van der Waals surface area contributed by atoms with Crippen LogP contribution in [0.25, 0.3) is 0 Å². The molecule has 5 nitrogen and oxygen atoms in total. The number of aromatic hydroxyl groups is 1. The number of carbonyl (C=O) groups excluding carboxylic acids is 1. The normalized spacial score (nSPS) is 10.8.